The first-order chi connectivity index (χ1) is 35.5. The highest BCUT2D eigenvalue weighted by Crippen LogP contribution is 2.62. The summed E-state index contributed by atoms with van der Waals surface area (Å²) in [5, 5.41) is 2.20. The Morgan fingerprint density at radius 2 is 0.778 bits per heavy atom. The van der Waals surface area contributed by atoms with Crippen LogP contribution in [-0.4, -0.2) is 4.57 Å². The summed E-state index contributed by atoms with van der Waals surface area (Å²) in [4.78, 5) is 18.1. The number of allylic oxidation sites excluding steroid dienone is 2. The second-order valence-electron chi connectivity index (χ2n) is 18.8. The molecule has 3 nitrogen and oxygen atoms in total. The van der Waals surface area contributed by atoms with Gasteiger partial charge in [0, 0.05) is 16.3 Å². The largest absolute Gasteiger partial charge is 0.310 e. The van der Waals surface area contributed by atoms with Crippen LogP contribution in [0.2, 0.25) is 0 Å². The number of rotatable bonds is 7. The maximum atomic E-state index is 15.7. The summed E-state index contributed by atoms with van der Waals surface area (Å²) >= 11 is 0. The minimum Gasteiger partial charge on any atom is -0.310 e. The molecule has 0 aliphatic carbocycles. The second-order valence-corrected chi connectivity index (χ2v) is 18.8. The summed E-state index contributed by atoms with van der Waals surface area (Å²) in [5.74, 6) is 0. The van der Waals surface area contributed by atoms with Gasteiger partial charge in [0.1, 0.15) is 0 Å². The first kappa shape index (κ1) is 42.8. The number of aromatic nitrogens is 1. The highest BCUT2D eigenvalue weighted by molar-refractivity contribution is 6.01. The minimum atomic E-state index is -1.00. The third kappa shape index (κ3) is 6.70. The van der Waals surface area contributed by atoms with Crippen molar-refractivity contribution in [2.75, 3.05) is 4.90 Å². The van der Waals surface area contributed by atoms with E-state index in [1.54, 1.807) is 0 Å². The van der Waals surface area contributed by atoms with Crippen LogP contribution in [0.15, 0.2) is 260 Å². The van der Waals surface area contributed by atoms with E-state index in [1.807, 2.05) is 29.7 Å². The molecular weight excluding hydrogens is 873 g/mol. The highest BCUT2D eigenvalue weighted by Gasteiger charge is 2.52. The van der Waals surface area contributed by atoms with Crippen molar-refractivity contribution >= 4 is 40.6 Å². The Labute approximate surface area is 419 Å². The molecule has 0 unspecified atom stereocenters. The Morgan fingerprint density at radius 1 is 0.403 bits per heavy atom. The number of nitrogens with zero attached hydrogens (tertiary/aromatic N) is 2. The van der Waals surface area contributed by atoms with Crippen molar-refractivity contribution in [1.29, 1.82) is 0 Å². The lowest BCUT2D eigenvalue weighted by Crippen LogP contribution is -2.49. The summed E-state index contributed by atoms with van der Waals surface area (Å²) < 4.78 is 1.99. The molecular formula is C69H48N2O. The lowest BCUT2D eigenvalue weighted by Gasteiger charge is -2.49. The van der Waals surface area contributed by atoms with Crippen molar-refractivity contribution in [2.45, 2.75) is 12.3 Å². The molecule has 2 aliphatic rings. The first-order valence-electron chi connectivity index (χ1n) is 24.7. The van der Waals surface area contributed by atoms with Crippen molar-refractivity contribution in [2.24, 2.45) is 0 Å². The van der Waals surface area contributed by atoms with Crippen LogP contribution in [0.4, 0.5) is 17.1 Å². The highest BCUT2D eigenvalue weighted by atomic mass is 16.1. The molecule has 0 atom stereocenters. The van der Waals surface area contributed by atoms with E-state index in [9.17, 15) is 0 Å². The molecule has 0 N–H and O–H groups in total. The van der Waals surface area contributed by atoms with Gasteiger partial charge >= 0.3 is 0 Å². The van der Waals surface area contributed by atoms with E-state index in [0.717, 1.165) is 106 Å². The molecule has 0 saturated heterocycles. The normalized spacial score (nSPS) is 13.3. The van der Waals surface area contributed by atoms with Crippen molar-refractivity contribution in [3.05, 3.63) is 298 Å². The van der Waals surface area contributed by atoms with Crippen LogP contribution in [0.1, 0.15) is 29.2 Å². The van der Waals surface area contributed by atoms with Crippen LogP contribution >= 0.6 is 0 Å². The van der Waals surface area contributed by atoms with Crippen LogP contribution < -0.4 is 20.9 Å². The monoisotopic (exact) mass is 920 g/mol. The van der Waals surface area contributed by atoms with Gasteiger partial charge in [-0.2, -0.15) is 0 Å². The fraction of sp³-hybridized carbons (Fsp3) is 0.0290. The first-order valence-corrected chi connectivity index (χ1v) is 24.7. The van der Waals surface area contributed by atoms with Gasteiger partial charge in [-0.1, -0.05) is 201 Å². The van der Waals surface area contributed by atoms with Crippen LogP contribution in [-0.2, 0) is 5.41 Å². The average Bonchev–Trinajstić information content (AvgIpc) is 3.45. The maximum Gasteiger partial charge on any atom is 0.263 e. The molecule has 13 rings (SSSR count). The Kier molecular flexibility index (Phi) is 10.3. The summed E-state index contributed by atoms with van der Waals surface area (Å²) in [6, 6.07) is 87.6. The predicted octanol–water partition coefficient (Wildman–Crippen LogP) is 15.6. The lowest BCUT2D eigenvalue weighted by molar-refractivity contribution is 0.708. The molecule has 0 fully saturated rings. The molecule has 0 saturated carbocycles. The van der Waals surface area contributed by atoms with E-state index >= 15 is 4.79 Å². The molecule has 0 radical (unpaired) electrons. The Bertz CT molecular complexity index is 4010. The van der Waals surface area contributed by atoms with Crippen LogP contribution in [0.25, 0.3) is 84.9 Å². The SMILES string of the molecule is C=c1/c(=C\C=C/C)c(=O)n2c3c(cc(-c4ccccc4)cc13)C1(c3cc(-c4ccccc4)ccc3N(c3ccc(-c4ccccc4)cc3)c3ccc(-c4ccccc4)cc31)c1cc(-c3ccccc3)ccc1-2. The number of benzene rings is 10. The van der Waals surface area contributed by atoms with Gasteiger partial charge in [-0.25, -0.2) is 0 Å². The lowest BCUT2D eigenvalue weighted by atomic mass is 9.59. The quantitative estimate of drug-likeness (QED) is 0.159. The molecule has 72 heavy (non-hydrogen) atoms. The smallest absolute Gasteiger partial charge is 0.263 e. The third-order valence-electron chi connectivity index (χ3n) is 14.9. The van der Waals surface area contributed by atoms with Crippen molar-refractivity contribution in [1.82, 2.24) is 4.57 Å². The Morgan fingerprint density at radius 3 is 1.24 bits per heavy atom. The Hall–Kier alpha value is -9.31. The molecule has 3 heteroatoms. The molecule has 0 bridgehead atoms. The molecule has 340 valence electrons. The standard InChI is InChI=1S/C69H48N2O/c1-3-4-30-58-46(2)59-41-56(51-28-18-9-19-29-51)45-63-67(59)71(68(58)72)66-40-35-55(50-26-16-8-17-27-50)44-62(66)69(63)60-42-53(48-22-12-6-13-23-48)33-38-64(60)70(57-36-31-52(32-37-57)47-20-10-5-11-21-47)65-39-34-54(43-61(65)69)49-24-14-7-15-25-49/h3-45H,2H2,1H3/b4-3-,58-30+. The zero-order chi connectivity index (χ0) is 48.3. The summed E-state index contributed by atoms with van der Waals surface area (Å²) in [6.07, 6.45) is 5.84. The Balaban J connectivity index is 1.25. The molecule has 2 aliphatic heterocycles. The molecule has 10 aromatic carbocycles. The van der Waals surface area contributed by atoms with Crippen LogP contribution in [0.5, 0.6) is 0 Å². The predicted molar refractivity (Wildman–Crippen MR) is 301 cm³/mol. The number of pyridine rings is 1. The van der Waals surface area contributed by atoms with E-state index < -0.39 is 5.41 Å². The maximum absolute atomic E-state index is 15.7. The van der Waals surface area contributed by atoms with Gasteiger partial charge in [0.15, 0.2) is 0 Å². The van der Waals surface area contributed by atoms with Gasteiger partial charge in [0.2, 0.25) is 0 Å². The van der Waals surface area contributed by atoms with Crippen LogP contribution in [0.3, 0.4) is 0 Å². The zero-order valence-electron chi connectivity index (χ0n) is 39.8. The average molecular weight is 921 g/mol. The van der Waals surface area contributed by atoms with Gasteiger partial charge in [-0.05, 0) is 157 Å². The van der Waals surface area contributed by atoms with Gasteiger partial charge < -0.3 is 4.90 Å². The summed E-state index contributed by atoms with van der Waals surface area (Å²) in [7, 11) is 0. The topological polar surface area (TPSA) is 25.2 Å². The molecule has 1 spiro atoms. The molecule has 11 aromatic rings. The third-order valence-corrected chi connectivity index (χ3v) is 14.9. The zero-order valence-corrected chi connectivity index (χ0v) is 39.8. The molecule has 1 aromatic heterocycles. The van der Waals surface area contributed by atoms with Gasteiger partial charge in [-0.3, -0.25) is 9.36 Å². The van der Waals surface area contributed by atoms with E-state index in [-0.39, 0.29) is 5.56 Å². The minimum absolute atomic E-state index is 0.102. The number of fused-ring (bicyclic) bond motifs is 8. The van der Waals surface area contributed by atoms with E-state index in [2.05, 4.69) is 248 Å². The van der Waals surface area contributed by atoms with Gasteiger partial charge in [0.05, 0.1) is 28.0 Å². The van der Waals surface area contributed by atoms with E-state index in [1.165, 1.54) is 5.56 Å². The fourth-order valence-corrected chi connectivity index (χ4v) is 11.5. The van der Waals surface area contributed by atoms with E-state index in [4.69, 9.17) is 6.58 Å². The van der Waals surface area contributed by atoms with Crippen molar-refractivity contribution < 1.29 is 0 Å². The van der Waals surface area contributed by atoms with Crippen LogP contribution in [0, 0.1) is 0 Å². The number of hydrogen-bond acceptors (Lipinski definition) is 2. The van der Waals surface area contributed by atoms with Gasteiger partial charge in [-0.15, -0.1) is 0 Å². The van der Waals surface area contributed by atoms with Crippen molar-refractivity contribution in [3.63, 3.8) is 0 Å². The number of hydrogen-bond donors (Lipinski definition) is 0. The summed E-state index contributed by atoms with van der Waals surface area (Å²) in [6.45, 7) is 6.75. The second kappa shape index (κ2) is 17.3. The van der Waals surface area contributed by atoms with Gasteiger partial charge in [0.25, 0.3) is 5.56 Å². The molecule has 3 heterocycles. The fourth-order valence-electron chi connectivity index (χ4n) is 11.5. The number of anilines is 3. The van der Waals surface area contributed by atoms with Crippen molar-refractivity contribution in [3.8, 4) is 61.3 Å². The van der Waals surface area contributed by atoms with E-state index in [0.29, 0.717) is 10.4 Å². The summed E-state index contributed by atoms with van der Waals surface area (Å²) in [5.41, 5.74) is 19.1. The molecule has 0 amide bonds.